The summed E-state index contributed by atoms with van der Waals surface area (Å²) in [5, 5.41) is 63.5. The Morgan fingerprint density at radius 3 is 0.966 bits per heavy atom. The first-order valence-electron chi connectivity index (χ1n) is 19.2. The van der Waals surface area contributed by atoms with Crippen LogP contribution in [0.25, 0.3) is 0 Å². The first-order valence-corrected chi connectivity index (χ1v) is 19.2. The molecule has 0 aromatic heterocycles. The van der Waals surface area contributed by atoms with Gasteiger partial charge in [0.05, 0.1) is 0 Å². The quantitative estimate of drug-likeness (QED) is 0.0183. The van der Waals surface area contributed by atoms with Gasteiger partial charge in [0, 0.05) is 45.7 Å². The highest BCUT2D eigenvalue weighted by Crippen LogP contribution is 2.10. The number of hydrogen-bond donors (Lipinski definition) is 20. The SMILES string of the molecule is CNC(=O)[C@@H](CCCNC(=N)N)NC(=O)[C@@H](CCCCNC(=N)N)NC(=O)[C@@H](CCCNC(=N)N)NC(=O)[C@@H](CCCNC(=N)N)NC(=O)[C@H](C)CCCNC(=N)N. The summed E-state index contributed by atoms with van der Waals surface area (Å²) < 4.78 is 0. The van der Waals surface area contributed by atoms with Crippen molar-refractivity contribution < 1.29 is 24.0 Å². The highest BCUT2D eigenvalue weighted by molar-refractivity contribution is 5.95. The van der Waals surface area contributed by atoms with Gasteiger partial charge in [-0.05, 0) is 70.6 Å². The Hall–Kier alpha value is -6.30. The molecule has 25 heteroatoms. The summed E-state index contributed by atoms with van der Waals surface area (Å²) >= 11 is 0. The zero-order valence-corrected chi connectivity index (χ0v) is 33.6. The molecule has 0 aliphatic heterocycles. The number of nitrogens with one attached hydrogen (secondary N) is 15. The van der Waals surface area contributed by atoms with Crippen LogP contribution in [0.1, 0.15) is 77.6 Å². The summed E-state index contributed by atoms with van der Waals surface area (Å²) in [7, 11) is 1.41. The molecule has 0 rings (SSSR count). The maximum Gasteiger partial charge on any atom is 0.243 e. The van der Waals surface area contributed by atoms with Crippen LogP contribution in [-0.4, -0.2) is 123 Å². The van der Waals surface area contributed by atoms with Crippen molar-refractivity contribution in [1.29, 1.82) is 27.0 Å². The summed E-state index contributed by atoms with van der Waals surface area (Å²) in [5.74, 6) is -4.74. The van der Waals surface area contributed by atoms with Crippen LogP contribution < -0.4 is 81.8 Å². The van der Waals surface area contributed by atoms with Gasteiger partial charge in [-0.25, -0.2) is 0 Å². The van der Waals surface area contributed by atoms with E-state index in [9.17, 15) is 24.0 Å². The number of guanidine groups is 5. The van der Waals surface area contributed by atoms with E-state index in [1.54, 1.807) is 6.92 Å². The summed E-state index contributed by atoms with van der Waals surface area (Å²) in [6.45, 7) is 3.07. The zero-order valence-electron chi connectivity index (χ0n) is 33.6. The predicted octanol–water partition coefficient (Wildman–Crippen LogP) is -4.99. The van der Waals surface area contributed by atoms with Crippen LogP contribution in [-0.2, 0) is 24.0 Å². The fourth-order valence-electron chi connectivity index (χ4n) is 5.43. The van der Waals surface area contributed by atoms with E-state index in [4.69, 9.17) is 55.7 Å². The molecular formula is C33H68N20O5. The molecule has 0 saturated carbocycles. The molecule has 0 saturated heterocycles. The Kier molecular flexibility index (Phi) is 26.7. The van der Waals surface area contributed by atoms with Crippen molar-refractivity contribution in [2.24, 2.45) is 34.6 Å². The van der Waals surface area contributed by atoms with E-state index in [1.165, 1.54) is 7.05 Å². The smallest absolute Gasteiger partial charge is 0.243 e. The Balaban J connectivity index is 6.33. The number of carbonyl (C=O) groups excluding carboxylic acids is 5. The van der Waals surface area contributed by atoms with Crippen molar-refractivity contribution in [1.82, 2.24) is 53.2 Å². The fourth-order valence-corrected chi connectivity index (χ4v) is 5.43. The lowest BCUT2D eigenvalue weighted by Crippen LogP contribution is -2.58. The number of hydrogen-bond acceptors (Lipinski definition) is 10. The number of nitrogens with two attached hydrogens (primary N) is 5. The van der Waals surface area contributed by atoms with Gasteiger partial charge in [-0.15, -0.1) is 0 Å². The Labute approximate surface area is 339 Å². The van der Waals surface area contributed by atoms with Crippen molar-refractivity contribution in [2.75, 3.05) is 39.8 Å². The van der Waals surface area contributed by atoms with Gasteiger partial charge in [0.25, 0.3) is 0 Å². The molecular weight excluding hydrogens is 756 g/mol. The van der Waals surface area contributed by atoms with Crippen molar-refractivity contribution >= 4 is 59.3 Å². The molecule has 0 unspecified atom stereocenters. The summed E-state index contributed by atoms with van der Waals surface area (Å²) in [4.78, 5) is 67.5. The van der Waals surface area contributed by atoms with Crippen molar-refractivity contribution in [3.05, 3.63) is 0 Å². The highest BCUT2D eigenvalue weighted by Gasteiger charge is 2.31. The first kappa shape index (κ1) is 51.7. The molecule has 0 spiro atoms. The molecule has 330 valence electrons. The number of unbranched alkanes of at least 4 members (excludes halogenated alkanes) is 1. The third-order valence-electron chi connectivity index (χ3n) is 8.55. The number of likely N-dealkylation sites (N-methyl/N-ethyl adjacent to an activating group) is 1. The Bertz CT molecular complexity index is 1380. The standard InChI is InChI=1S/C33H68N20O5/c1-19(9-5-15-46-30(36)37)24(54)50-22(12-7-17-48-32(40)41)27(57)53-23(13-8-18-49-33(42)43)28(58)52-21(10-3-4-14-45-29(34)35)26(56)51-20(25(55)44-2)11-6-16-47-31(38)39/h19-23H,3-18H2,1-2H3,(H,44,55)(H,50,54)(H,51,56)(H,52,58)(H,53,57)(H4,34,35,45)(H4,36,37,46)(H4,38,39,47)(H4,40,41,48)(H4,42,43,49)/t19-,20-,21-,22-,23-/m1/s1. The van der Waals surface area contributed by atoms with Crippen LogP contribution >= 0.6 is 0 Å². The van der Waals surface area contributed by atoms with Gasteiger partial charge in [-0.2, -0.15) is 0 Å². The molecule has 0 aromatic rings. The minimum absolute atomic E-state index is 0.0326. The first-order chi connectivity index (χ1) is 27.4. The largest absolute Gasteiger partial charge is 0.370 e. The minimum Gasteiger partial charge on any atom is -0.370 e. The third kappa shape index (κ3) is 25.7. The van der Waals surface area contributed by atoms with Crippen LogP contribution in [0.4, 0.5) is 0 Å². The maximum absolute atomic E-state index is 14.0. The Morgan fingerprint density at radius 1 is 0.397 bits per heavy atom. The van der Waals surface area contributed by atoms with Gasteiger partial charge in [-0.3, -0.25) is 51.0 Å². The van der Waals surface area contributed by atoms with Crippen molar-refractivity contribution in [2.45, 2.75) is 102 Å². The van der Waals surface area contributed by atoms with Crippen LogP contribution in [0.5, 0.6) is 0 Å². The Morgan fingerprint density at radius 2 is 0.655 bits per heavy atom. The van der Waals surface area contributed by atoms with Crippen LogP contribution in [0.15, 0.2) is 0 Å². The van der Waals surface area contributed by atoms with E-state index < -0.39 is 59.6 Å². The van der Waals surface area contributed by atoms with Crippen molar-refractivity contribution in [3.63, 3.8) is 0 Å². The summed E-state index contributed by atoms with van der Waals surface area (Å²) in [6, 6.07) is -4.50. The highest BCUT2D eigenvalue weighted by atomic mass is 16.2. The van der Waals surface area contributed by atoms with Crippen LogP contribution in [0.3, 0.4) is 0 Å². The molecule has 0 radical (unpaired) electrons. The van der Waals surface area contributed by atoms with Crippen molar-refractivity contribution in [3.8, 4) is 0 Å². The average molecular weight is 825 g/mol. The zero-order chi connectivity index (χ0) is 44.0. The van der Waals surface area contributed by atoms with Gasteiger partial charge in [0.15, 0.2) is 29.8 Å². The van der Waals surface area contributed by atoms with E-state index in [1.807, 2.05) is 0 Å². The van der Waals surface area contributed by atoms with Gasteiger partial charge in [0.1, 0.15) is 24.2 Å². The molecule has 0 aromatic carbocycles. The molecule has 0 heterocycles. The lowest BCUT2D eigenvalue weighted by Gasteiger charge is -2.27. The molecule has 0 bridgehead atoms. The summed E-state index contributed by atoms with van der Waals surface area (Å²) in [6.07, 6.45) is 3.16. The van der Waals surface area contributed by atoms with Crippen LogP contribution in [0, 0.1) is 33.0 Å². The molecule has 58 heavy (non-hydrogen) atoms. The third-order valence-corrected chi connectivity index (χ3v) is 8.55. The van der Waals surface area contributed by atoms with Gasteiger partial charge in [0.2, 0.25) is 29.5 Å². The lowest BCUT2D eigenvalue weighted by atomic mass is 10.0. The molecule has 5 atom stereocenters. The van der Waals surface area contributed by atoms with E-state index in [0.29, 0.717) is 51.6 Å². The van der Waals surface area contributed by atoms with Crippen LogP contribution in [0.2, 0.25) is 0 Å². The second-order valence-electron chi connectivity index (χ2n) is 13.5. The second kappa shape index (κ2) is 29.9. The molecule has 0 aliphatic rings. The van der Waals surface area contributed by atoms with Gasteiger partial charge < -0.3 is 81.8 Å². The van der Waals surface area contributed by atoms with E-state index in [-0.39, 0.29) is 81.5 Å². The lowest BCUT2D eigenvalue weighted by molar-refractivity contribution is -0.135. The normalized spacial score (nSPS) is 13.1. The van der Waals surface area contributed by atoms with E-state index >= 15 is 0 Å². The van der Waals surface area contributed by atoms with Gasteiger partial charge >= 0.3 is 0 Å². The number of rotatable bonds is 30. The monoisotopic (exact) mass is 825 g/mol. The topological polar surface area (TPSA) is 455 Å². The molecule has 25 nitrogen and oxygen atoms in total. The fraction of sp³-hybridized carbons (Fsp3) is 0.697. The second-order valence-corrected chi connectivity index (χ2v) is 13.5. The van der Waals surface area contributed by atoms with E-state index in [0.717, 1.165) is 0 Å². The number of carbonyl (C=O) groups is 5. The molecule has 25 N–H and O–H groups in total. The number of amides is 5. The molecule has 5 amide bonds. The average Bonchev–Trinajstić information content (AvgIpc) is 3.14. The maximum atomic E-state index is 14.0. The predicted molar refractivity (Wildman–Crippen MR) is 221 cm³/mol. The molecule has 0 aliphatic carbocycles. The van der Waals surface area contributed by atoms with E-state index in [2.05, 4.69) is 53.2 Å². The van der Waals surface area contributed by atoms with Gasteiger partial charge in [-0.1, -0.05) is 6.92 Å². The molecule has 0 fully saturated rings. The minimum atomic E-state index is -1.23. The summed E-state index contributed by atoms with van der Waals surface area (Å²) in [5.41, 5.74) is 26.8.